The highest BCUT2D eigenvalue weighted by Crippen LogP contribution is 2.30. The van der Waals surface area contributed by atoms with Crippen LogP contribution in [-0.4, -0.2) is 45.5 Å². The van der Waals surface area contributed by atoms with Gasteiger partial charge in [0.05, 0.1) is 23.9 Å². The fraction of sp³-hybridized carbons (Fsp3) is 0.360. The van der Waals surface area contributed by atoms with Crippen molar-refractivity contribution in [2.75, 3.05) is 18.9 Å². The summed E-state index contributed by atoms with van der Waals surface area (Å²) >= 11 is 2.67. The molecule has 3 aromatic heterocycles. The number of hydrogen-bond acceptors (Lipinski definition) is 7. The maximum atomic E-state index is 13.4. The third-order valence-electron chi connectivity index (χ3n) is 5.87. The van der Waals surface area contributed by atoms with Gasteiger partial charge in [0.2, 0.25) is 5.91 Å². The lowest BCUT2D eigenvalue weighted by Crippen LogP contribution is -2.30. The number of aromatic nitrogens is 3. The van der Waals surface area contributed by atoms with Crippen molar-refractivity contribution in [2.24, 2.45) is 0 Å². The molecule has 1 fully saturated rings. The summed E-state index contributed by atoms with van der Waals surface area (Å²) < 4.78 is 8.06. The molecule has 176 valence electrons. The molecule has 0 bridgehead atoms. The first-order valence-corrected chi connectivity index (χ1v) is 13.3. The highest BCUT2D eigenvalue weighted by Gasteiger charge is 2.22. The second kappa shape index (κ2) is 10.7. The van der Waals surface area contributed by atoms with Crippen LogP contribution >= 0.6 is 23.1 Å². The monoisotopic (exact) mass is 494 g/mol. The number of carbonyl (C=O) groups is 1. The van der Waals surface area contributed by atoms with E-state index in [1.54, 1.807) is 10.8 Å². The van der Waals surface area contributed by atoms with Crippen molar-refractivity contribution in [1.82, 2.24) is 19.9 Å². The number of amides is 1. The van der Waals surface area contributed by atoms with Gasteiger partial charge in [0.25, 0.3) is 5.56 Å². The van der Waals surface area contributed by atoms with E-state index in [2.05, 4.69) is 22.4 Å². The van der Waals surface area contributed by atoms with Gasteiger partial charge in [0.15, 0.2) is 5.16 Å². The number of thioether (sulfide) groups is 1. The summed E-state index contributed by atoms with van der Waals surface area (Å²) in [5.74, 6) is 0.141. The molecule has 1 amide bonds. The van der Waals surface area contributed by atoms with Crippen molar-refractivity contribution in [2.45, 2.75) is 43.5 Å². The Hall–Kier alpha value is -2.75. The van der Waals surface area contributed by atoms with Gasteiger partial charge in [-0.1, -0.05) is 42.1 Å². The molecule has 7 nitrogen and oxygen atoms in total. The number of thiophene rings is 1. The Balaban J connectivity index is 1.30. The molecule has 1 N–H and O–H groups in total. The van der Waals surface area contributed by atoms with Crippen molar-refractivity contribution in [3.05, 3.63) is 64.6 Å². The predicted molar refractivity (Wildman–Crippen MR) is 137 cm³/mol. The standard InChI is InChI=1S/C25H26N4O3S2/c30-20(26-12-4-9-17-7-2-1-3-8-17)16-33-25-28-21-19-11-5-13-27-23(19)34-22(21)24(31)29(25)15-18-10-6-14-32-18/h1-3,5,7-8,11,13,18H,4,6,9-10,12,14-16H2,(H,26,30). The molecule has 1 atom stereocenters. The van der Waals surface area contributed by atoms with E-state index < -0.39 is 0 Å². The number of benzene rings is 1. The maximum absolute atomic E-state index is 13.4. The molecule has 5 rings (SSSR count). The van der Waals surface area contributed by atoms with Crippen LogP contribution in [0.1, 0.15) is 24.8 Å². The molecule has 1 unspecified atom stereocenters. The second-order valence-electron chi connectivity index (χ2n) is 8.31. The first-order chi connectivity index (χ1) is 16.7. The second-order valence-corrected chi connectivity index (χ2v) is 10.3. The van der Waals surface area contributed by atoms with E-state index in [0.717, 1.165) is 42.5 Å². The average molecular weight is 495 g/mol. The van der Waals surface area contributed by atoms with E-state index in [4.69, 9.17) is 9.72 Å². The minimum absolute atomic E-state index is 0.00406. The van der Waals surface area contributed by atoms with Gasteiger partial charge < -0.3 is 10.1 Å². The van der Waals surface area contributed by atoms with E-state index >= 15 is 0 Å². The van der Waals surface area contributed by atoms with Gasteiger partial charge in [-0.2, -0.15) is 0 Å². The molecule has 1 saturated heterocycles. The molecule has 1 aliphatic heterocycles. The van der Waals surface area contributed by atoms with Crippen LogP contribution in [0.5, 0.6) is 0 Å². The Morgan fingerprint density at radius 2 is 2.12 bits per heavy atom. The Kier molecular flexibility index (Phi) is 7.22. The van der Waals surface area contributed by atoms with Crippen LogP contribution in [0, 0.1) is 0 Å². The maximum Gasteiger partial charge on any atom is 0.272 e. The molecular weight excluding hydrogens is 468 g/mol. The average Bonchev–Trinajstić information content (AvgIpc) is 3.51. The number of fused-ring (bicyclic) bond motifs is 3. The molecular formula is C25H26N4O3S2. The molecule has 4 heterocycles. The lowest BCUT2D eigenvalue weighted by atomic mass is 10.1. The van der Waals surface area contributed by atoms with Gasteiger partial charge in [-0.05, 0) is 43.4 Å². The summed E-state index contributed by atoms with van der Waals surface area (Å²) in [6, 6.07) is 14.0. The molecule has 1 aromatic carbocycles. The highest BCUT2D eigenvalue weighted by molar-refractivity contribution is 7.99. The van der Waals surface area contributed by atoms with Gasteiger partial charge in [-0.15, -0.1) is 11.3 Å². The molecule has 0 saturated carbocycles. The Morgan fingerprint density at radius 1 is 1.24 bits per heavy atom. The zero-order chi connectivity index (χ0) is 23.3. The number of hydrogen-bond donors (Lipinski definition) is 1. The van der Waals surface area contributed by atoms with Gasteiger partial charge in [-0.3, -0.25) is 14.2 Å². The molecule has 1 aliphatic rings. The summed E-state index contributed by atoms with van der Waals surface area (Å²) in [4.78, 5) is 36.0. The van der Waals surface area contributed by atoms with Crippen LogP contribution in [0.15, 0.2) is 58.6 Å². The highest BCUT2D eigenvalue weighted by atomic mass is 32.2. The summed E-state index contributed by atoms with van der Waals surface area (Å²) in [7, 11) is 0. The quantitative estimate of drug-likeness (QED) is 0.215. The van der Waals surface area contributed by atoms with Gasteiger partial charge in [-0.25, -0.2) is 9.97 Å². The molecule has 0 spiro atoms. The van der Waals surface area contributed by atoms with Gasteiger partial charge in [0, 0.05) is 24.7 Å². The normalized spacial score (nSPS) is 15.8. The predicted octanol–water partition coefficient (Wildman–Crippen LogP) is 4.03. The number of carbonyl (C=O) groups excluding carboxylic acids is 1. The van der Waals surface area contributed by atoms with E-state index in [9.17, 15) is 9.59 Å². The summed E-state index contributed by atoms with van der Waals surface area (Å²) in [5, 5.41) is 4.41. The molecule has 9 heteroatoms. The number of ether oxygens (including phenoxy) is 1. The van der Waals surface area contributed by atoms with Gasteiger partial charge >= 0.3 is 0 Å². The van der Waals surface area contributed by atoms with Crippen LogP contribution < -0.4 is 10.9 Å². The largest absolute Gasteiger partial charge is 0.376 e. The number of pyridine rings is 1. The molecule has 0 radical (unpaired) electrons. The fourth-order valence-corrected chi connectivity index (χ4v) is 6.01. The van der Waals surface area contributed by atoms with E-state index in [1.807, 2.05) is 30.3 Å². The van der Waals surface area contributed by atoms with Crippen molar-refractivity contribution >= 4 is 49.4 Å². The number of nitrogens with one attached hydrogen (secondary N) is 1. The van der Waals surface area contributed by atoms with Crippen LogP contribution in [0.2, 0.25) is 0 Å². The Labute approximate surface area is 205 Å². The first kappa shape index (κ1) is 23.0. The summed E-state index contributed by atoms with van der Waals surface area (Å²) in [6.07, 6.45) is 5.44. The Morgan fingerprint density at radius 3 is 2.94 bits per heavy atom. The van der Waals surface area contributed by atoms with E-state index in [1.165, 1.54) is 28.7 Å². The molecule has 34 heavy (non-hydrogen) atoms. The summed E-state index contributed by atoms with van der Waals surface area (Å²) in [5.41, 5.74) is 1.83. The number of aryl methyl sites for hydroxylation is 1. The minimum Gasteiger partial charge on any atom is -0.376 e. The zero-order valence-corrected chi connectivity index (χ0v) is 20.4. The van der Waals surface area contributed by atoms with Crippen LogP contribution in [0.3, 0.4) is 0 Å². The van der Waals surface area contributed by atoms with Crippen LogP contribution in [0.25, 0.3) is 20.4 Å². The van der Waals surface area contributed by atoms with Crippen LogP contribution in [-0.2, 0) is 22.5 Å². The van der Waals surface area contributed by atoms with Crippen molar-refractivity contribution in [1.29, 1.82) is 0 Å². The van der Waals surface area contributed by atoms with Crippen molar-refractivity contribution in [3.8, 4) is 0 Å². The van der Waals surface area contributed by atoms with Crippen molar-refractivity contribution < 1.29 is 9.53 Å². The van der Waals surface area contributed by atoms with E-state index in [-0.39, 0.29) is 23.3 Å². The minimum atomic E-state index is -0.0886. The lowest BCUT2D eigenvalue weighted by molar-refractivity contribution is -0.118. The number of nitrogens with zero attached hydrogens (tertiary/aromatic N) is 3. The van der Waals surface area contributed by atoms with Gasteiger partial charge in [0.1, 0.15) is 9.53 Å². The topological polar surface area (TPSA) is 86.1 Å². The summed E-state index contributed by atoms with van der Waals surface area (Å²) in [6.45, 7) is 1.78. The van der Waals surface area contributed by atoms with Crippen LogP contribution in [0.4, 0.5) is 0 Å². The Bertz CT molecular complexity index is 1350. The SMILES string of the molecule is O=C(CSc1nc2c(sc3ncccc32)c(=O)n1CC1CCCO1)NCCCc1ccccc1. The third-order valence-corrected chi connectivity index (χ3v) is 7.93. The smallest absolute Gasteiger partial charge is 0.272 e. The zero-order valence-electron chi connectivity index (χ0n) is 18.7. The van der Waals surface area contributed by atoms with E-state index in [0.29, 0.717) is 28.5 Å². The molecule has 0 aliphatic carbocycles. The lowest BCUT2D eigenvalue weighted by Gasteiger charge is -2.15. The fourth-order valence-electron chi connectivity index (χ4n) is 4.15. The first-order valence-electron chi connectivity index (χ1n) is 11.5. The molecule has 4 aromatic rings. The third kappa shape index (κ3) is 5.16. The number of rotatable bonds is 9. The van der Waals surface area contributed by atoms with Crippen molar-refractivity contribution in [3.63, 3.8) is 0 Å².